The summed E-state index contributed by atoms with van der Waals surface area (Å²) >= 11 is 1.43. The number of benzene rings is 2. The van der Waals surface area contributed by atoms with E-state index in [0.717, 1.165) is 16.5 Å². The van der Waals surface area contributed by atoms with E-state index >= 15 is 0 Å². The molecular weight excluding hydrogens is 330 g/mol. The lowest BCUT2D eigenvalue weighted by Gasteiger charge is -2.10. The minimum Gasteiger partial charge on any atom is -0.325 e. The fourth-order valence-electron chi connectivity index (χ4n) is 2.65. The molecule has 25 heavy (non-hydrogen) atoms. The zero-order valence-electron chi connectivity index (χ0n) is 14.6. The number of hydrogen-bond acceptors (Lipinski definition) is 3. The van der Waals surface area contributed by atoms with Crippen molar-refractivity contribution < 1.29 is 4.79 Å². The second kappa shape index (κ2) is 7.57. The van der Waals surface area contributed by atoms with E-state index in [4.69, 9.17) is 0 Å². The van der Waals surface area contributed by atoms with Crippen molar-refractivity contribution in [3.05, 3.63) is 71.5 Å². The molecule has 4 nitrogen and oxygen atoms in total. The predicted molar refractivity (Wildman–Crippen MR) is 104 cm³/mol. The van der Waals surface area contributed by atoms with Gasteiger partial charge in [-0.25, -0.2) is 4.98 Å². The first kappa shape index (κ1) is 17.3. The number of carbonyl (C=O) groups is 1. The van der Waals surface area contributed by atoms with Crippen LogP contribution in [0.15, 0.2) is 60.0 Å². The summed E-state index contributed by atoms with van der Waals surface area (Å²) in [7, 11) is 0. The molecule has 5 heteroatoms. The van der Waals surface area contributed by atoms with E-state index in [1.807, 2.05) is 42.0 Å². The number of imidazole rings is 1. The van der Waals surface area contributed by atoms with Gasteiger partial charge in [0.05, 0.1) is 5.75 Å². The van der Waals surface area contributed by atoms with E-state index in [2.05, 4.69) is 42.3 Å². The largest absolute Gasteiger partial charge is 0.325 e. The molecule has 1 N–H and O–H groups in total. The molecule has 0 fully saturated rings. The minimum atomic E-state index is -0.0381. The molecule has 1 heterocycles. The Morgan fingerprint density at radius 3 is 2.40 bits per heavy atom. The first-order valence-electron chi connectivity index (χ1n) is 8.12. The molecule has 1 aromatic heterocycles. The Morgan fingerprint density at radius 1 is 1.04 bits per heavy atom. The van der Waals surface area contributed by atoms with Crippen LogP contribution in [0.25, 0.3) is 5.69 Å². The normalized spacial score (nSPS) is 10.7. The fraction of sp³-hybridized carbons (Fsp3) is 0.200. The van der Waals surface area contributed by atoms with Gasteiger partial charge in [-0.05, 0) is 56.2 Å². The number of thioether (sulfide) groups is 1. The second-order valence-corrected chi connectivity index (χ2v) is 7.07. The quantitative estimate of drug-likeness (QED) is 0.687. The van der Waals surface area contributed by atoms with Gasteiger partial charge < -0.3 is 5.32 Å². The van der Waals surface area contributed by atoms with Crippen LogP contribution in [0.5, 0.6) is 0 Å². The Hall–Kier alpha value is -2.53. The molecule has 2 aromatic carbocycles. The summed E-state index contributed by atoms with van der Waals surface area (Å²) in [6.07, 6.45) is 3.69. The number of hydrogen-bond donors (Lipinski definition) is 1. The Labute approximate surface area is 152 Å². The highest BCUT2D eigenvalue weighted by Gasteiger charge is 2.10. The Morgan fingerprint density at radius 2 is 1.72 bits per heavy atom. The van der Waals surface area contributed by atoms with Crippen LogP contribution in [0.2, 0.25) is 0 Å². The van der Waals surface area contributed by atoms with Crippen molar-refractivity contribution in [2.24, 2.45) is 0 Å². The van der Waals surface area contributed by atoms with E-state index in [1.54, 1.807) is 6.20 Å². The smallest absolute Gasteiger partial charge is 0.234 e. The van der Waals surface area contributed by atoms with Gasteiger partial charge in [-0.2, -0.15) is 0 Å². The van der Waals surface area contributed by atoms with Crippen LogP contribution in [0.3, 0.4) is 0 Å². The van der Waals surface area contributed by atoms with Crippen molar-refractivity contribution in [3.63, 3.8) is 0 Å². The van der Waals surface area contributed by atoms with E-state index in [1.165, 1.54) is 28.5 Å². The minimum absolute atomic E-state index is 0.0381. The third kappa shape index (κ3) is 4.51. The number of anilines is 1. The molecule has 128 valence electrons. The summed E-state index contributed by atoms with van der Waals surface area (Å²) in [5.41, 5.74) is 5.46. The Balaban J connectivity index is 1.67. The number of aryl methyl sites for hydroxylation is 3. The molecule has 3 aromatic rings. The van der Waals surface area contributed by atoms with Gasteiger partial charge in [0.2, 0.25) is 5.91 Å². The molecule has 3 rings (SSSR count). The van der Waals surface area contributed by atoms with Crippen molar-refractivity contribution in [1.82, 2.24) is 9.55 Å². The van der Waals surface area contributed by atoms with Gasteiger partial charge in [-0.15, -0.1) is 0 Å². The average Bonchev–Trinajstić information content (AvgIpc) is 3.03. The summed E-state index contributed by atoms with van der Waals surface area (Å²) in [4.78, 5) is 16.6. The van der Waals surface area contributed by atoms with Crippen LogP contribution in [-0.4, -0.2) is 21.2 Å². The number of carbonyl (C=O) groups excluding carboxylic acids is 1. The van der Waals surface area contributed by atoms with Crippen LogP contribution < -0.4 is 5.32 Å². The van der Waals surface area contributed by atoms with Crippen LogP contribution >= 0.6 is 11.8 Å². The predicted octanol–water partition coefficient (Wildman–Crippen LogP) is 4.53. The van der Waals surface area contributed by atoms with Crippen molar-refractivity contribution in [2.75, 3.05) is 11.1 Å². The number of aromatic nitrogens is 2. The molecule has 0 saturated carbocycles. The Bertz CT molecular complexity index is 864. The van der Waals surface area contributed by atoms with Gasteiger partial charge in [0, 0.05) is 23.8 Å². The molecule has 0 aliphatic carbocycles. The van der Waals surface area contributed by atoms with Gasteiger partial charge >= 0.3 is 0 Å². The number of rotatable bonds is 5. The van der Waals surface area contributed by atoms with Gasteiger partial charge in [0.25, 0.3) is 0 Å². The zero-order chi connectivity index (χ0) is 17.8. The summed E-state index contributed by atoms with van der Waals surface area (Å²) in [5.74, 6) is 0.277. The molecule has 0 spiro atoms. The highest BCUT2D eigenvalue weighted by atomic mass is 32.2. The summed E-state index contributed by atoms with van der Waals surface area (Å²) in [6.45, 7) is 6.18. The van der Waals surface area contributed by atoms with Gasteiger partial charge in [0.1, 0.15) is 0 Å². The third-order valence-corrected chi connectivity index (χ3v) is 4.73. The molecule has 0 unspecified atom stereocenters. The zero-order valence-corrected chi connectivity index (χ0v) is 15.4. The summed E-state index contributed by atoms with van der Waals surface area (Å²) in [6, 6.07) is 14.2. The number of amides is 1. The van der Waals surface area contributed by atoms with Gasteiger partial charge in [-0.3, -0.25) is 9.36 Å². The number of nitrogens with one attached hydrogen (secondary N) is 1. The maximum Gasteiger partial charge on any atom is 0.234 e. The van der Waals surface area contributed by atoms with Gasteiger partial charge in [-0.1, -0.05) is 35.5 Å². The van der Waals surface area contributed by atoms with Crippen molar-refractivity contribution in [2.45, 2.75) is 25.9 Å². The summed E-state index contributed by atoms with van der Waals surface area (Å²) in [5, 5.41) is 3.72. The third-order valence-electron chi connectivity index (χ3n) is 3.76. The maximum absolute atomic E-state index is 12.2. The highest BCUT2D eigenvalue weighted by Crippen LogP contribution is 2.22. The molecule has 0 bridgehead atoms. The van der Waals surface area contributed by atoms with Crippen LogP contribution in [0.4, 0.5) is 5.69 Å². The van der Waals surface area contributed by atoms with Crippen LogP contribution in [0, 0.1) is 20.8 Å². The standard InChI is InChI=1S/C20H21N3OS/c1-14-4-6-17(7-5-14)22-19(24)13-25-20-21-8-9-23(20)18-11-15(2)10-16(3)12-18/h4-12H,13H2,1-3H3,(H,22,24). The lowest BCUT2D eigenvalue weighted by molar-refractivity contribution is -0.113. The fourth-order valence-corrected chi connectivity index (χ4v) is 3.42. The van der Waals surface area contributed by atoms with E-state index < -0.39 is 0 Å². The number of nitrogens with zero attached hydrogens (tertiary/aromatic N) is 2. The molecular formula is C20H21N3OS. The second-order valence-electron chi connectivity index (χ2n) is 6.13. The molecule has 0 atom stereocenters. The molecule has 0 radical (unpaired) electrons. The topological polar surface area (TPSA) is 46.9 Å². The van der Waals surface area contributed by atoms with Crippen molar-refractivity contribution >= 4 is 23.4 Å². The van der Waals surface area contributed by atoms with E-state index in [9.17, 15) is 4.79 Å². The first-order valence-corrected chi connectivity index (χ1v) is 9.11. The maximum atomic E-state index is 12.2. The Kier molecular flexibility index (Phi) is 5.24. The van der Waals surface area contributed by atoms with E-state index in [-0.39, 0.29) is 5.91 Å². The highest BCUT2D eigenvalue weighted by molar-refractivity contribution is 7.99. The average molecular weight is 351 g/mol. The lowest BCUT2D eigenvalue weighted by Crippen LogP contribution is -2.14. The molecule has 1 amide bonds. The molecule has 0 saturated heterocycles. The van der Waals surface area contributed by atoms with Crippen molar-refractivity contribution in [3.8, 4) is 5.69 Å². The van der Waals surface area contributed by atoms with Crippen LogP contribution in [0.1, 0.15) is 16.7 Å². The van der Waals surface area contributed by atoms with E-state index in [0.29, 0.717) is 5.75 Å². The monoisotopic (exact) mass is 351 g/mol. The van der Waals surface area contributed by atoms with Gasteiger partial charge in [0.15, 0.2) is 5.16 Å². The molecule has 0 aliphatic rings. The SMILES string of the molecule is Cc1ccc(NC(=O)CSc2nccn2-c2cc(C)cc(C)c2)cc1. The van der Waals surface area contributed by atoms with Crippen LogP contribution in [-0.2, 0) is 4.79 Å². The lowest BCUT2D eigenvalue weighted by atomic mass is 10.1. The molecule has 0 aliphatic heterocycles. The van der Waals surface area contributed by atoms with Crippen molar-refractivity contribution in [1.29, 1.82) is 0 Å². The summed E-state index contributed by atoms with van der Waals surface area (Å²) < 4.78 is 2.02. The first-order chi connectivity index (χ1) is 12.0.